The second-order valence-electron chi connectivity index (χ2n) is 6.21. The molecule has 0 spiro atoms. The third-order valence-electron chi connectivity index (χ3n) is 4.15. The first-order chi connectivity index (χ1) is 14.9. The molecule has 0 aliphatic rings. The van der Waals surface area contributed by atoms with Gasteiger partial charge in [-0.15, -0.1) is 6.42 Å². The van der Waals surface area contributed by atoms with Gasteiger partial charge in [-0.05, 0) is 36.8 Å². The summed E-state index contributed by atoms with van der Waals surface area (Å²) in [6, 6.07) is 10.9. The van der Waals surface area contributed by atoms with Gasteiger partial charge in [0.25, 0.3) is 11.6 Å². The predicted molar refractivity (Wildman–Crippen MR) is 117 cm³/mol. The highest BCUT2D eigenvalue weighted by Gasteiger charge is 2.12. The molecule has 8 nitrogen and oxygen atoms in total. The lowest BCUT2D eigenvalue weighted by molar-refractivity contribution is -0.384. The van der Waals surface area contributed by atoms with Crippen molar-refractivity contribution in [1.29, 1.82) is 0 Å². The topological polar surface area (TPSA) is 104 Å². The van der Waals surface area contributed by atoms with Crippen LogP contribution >= 0.6 is 11.3 Å². The fourth-order valence-electron chi connectivity index (χ4n) is 2.79. The number of hydrogen-bond donors (Lipinski definition) is 0. The van der Waals surface area contributed by atoms with E-state index in [1.165, 1.54) is 41.7 Å². The number of esters is 1. The second-order valence-corrected chi connectivity index (χ2v) is 7.22. The maximum Gasteiger partial charge on any atom is 0.338 e. The highest BCUT2D eigenvalue weighted by atomic mass is 32.1. The van der Waals surface area contributed by atoms with E-state index < -0.39 is 16.8 Å². The van der Waals surface area contributed by atoms with Crippen LogP contribution in [0.15, 0.2) is 53.5 Å². The number of aromatic nitrogens is 1. The number of rotatable bonds is 6. The van der Waals surface area contributed by atoms with Crippen LogP contribution in [0.3, 0.4) is 0 Å². The number of nitro benzene ring substituents is 1. The lowest BCUT2D eigenvalue weighted by Crippen LogP contribution is -2.15. The molecule has 0 aliphatic carbocycles. The van der Waals surface area contributed by atoms with Gasteiger partial charge in [0, 0.05) is 18.2 Å². The van der Waals surface area contributed by atoms with Gasteiger partial charge in [0.05, 0.1) is 33.9 Å². The molecule has 2 aromatic carbocycles. The summed E-state index contributed by atoms with van der Waals surface area (Å²) < 4.78 is 7.45. The Balaban J connectivity index is 1.96. The van der Waals surface area contributed by atoms with Crippen molar-refractivity contribution in [3.8, 4) is 12.3 Å². The standard InChI is InChI=1S/C22H17N3O5S/c1-3-12-24-18-10-9-16(21(27)30-4-2)14-19(18)31-22(24)23-20(26)11-8-15-6-5-7-17(13-15)25(28)29/h1,5-11,13-14H,4,12H2,2H3/b11-8+,23-22?. The predicted octanol–water partition coefficient (Wildman–Crippen LogP) is 3.56. The van der Waals surface area contributed by atoms with Gasteiger partial charge in [-0.1, -0.05) is 29.4 Å². The Morgan fingerprint density at radius 3 is 2.84 bits per heavy atom. The first-order valence-electron chi connectivity index (χ1n) is 9.18. The number of hydrogen-bond acceptors (Lipinski definition) is 6. The average molecular weight is 435 g/mol. The van der Waals surface area contributed by atoms with Crippen LogP contribution in [0.2, 0.25) is 0 Å². The van der Waals surface area contributed by atoms with Gasteiger partial charge in [0.15, 0.2) is 4.80 Å². The van der Waals surface area contributed by atoms with Crippen LogP contribution in [0.4, 0.5) is 5.69 Å². The largest absolute Gasteiger partial charge is 0.462 e. The van der Waals surface area contributed by atoms with Gasteiger partial charge in [-0.2, -0.15) is 4.99 Å². The maximum atomic E-state index is 12.4. The number of thiazole rings is 1. The highest BCUT2D eigenvalue weighted by molar-refractivity contribution is 7.16. The van der Waals surface area contributed by atoms with E-state index in [2.05, 4.69) is 10.9 Å². The van der Waals surface area contributed by atoms with Crippen molar-refractivity contribution < 1.29 is 19.2 Å². The van der Waals surface area contributed by atoms with Gasteiger partial charge in [0.1, 0.15) is 0 Å². The number of benzene rings is 2. The molecule has 0 saturated carbocycles. The third-order valence-corrected chi connectivity index (χ3v) is 5.19. The van der Waals surface area contributed by atoms with Crippen LogP contribution in [0.5, 0.6) is 0 Å². The van der Waals surface area contributed by atoms with Crippen molar-refractivity contribution in [3.05, 3.63) is 74.6 Å². The third kappa shape index (κ3) is 5.12. The van der Waals surface area contributed by atoms with Crippen molar-refractivity contribution in [2.24, 2.45) is 4.99 Å². The fraction of sp³-hybridized carbons (Fsp3) is 0.136. The van der Waals surface area contributed by atoms with Crippen LogP contribution in [-0.2, 0) is 16.1 Å². The first kappa shape index (κ1) is 21.7. The average Bonchev–Trinajstić information content (AvgIpc) is 3.09. The quantitative estimate of drug-likeness (QED) is 0.194. The van der Waals surface area contributed by atoms with E-state index in [-0.39, 0.29) is 18.8 Å². The van der Waals surface area contributed by atoms with E-state index in [1.54, 1.807) is 35.8 Å². The van der Waals surface area contributed by atoms with Gasteiger partial charge < -0.3 is 9.30 Å². The molecule has 1 heterocycles. The van der Waals surface area contributed by atoms with Crippen LogP contribution in [-0.4, -0.2) is 28.0 Å². The van der Waals surface area contributed by atoms with Crippen molar-refractivity contribution in [2.45, 2.75) is 13.5 Å². The number of carbonyl (C=O) groups is 2. The van der Waals surface area contributed by atoms with Crippen LogP contribution in [0.1, 0.15) is 22.8 Å². The Hall–Kier alpha value is -4.03. The van der Waals surface area contributed by atoms with Crippen molar-refractivity contribution in [1.82, 2.24) is 4.57 Å². The monoisotopic (exact) mass is 435 g/mol. The molecule has 0 N–H and O–H groups in total. The molecule has 0 aliphatic heterocycles. The Morgan fingerprint density at radius 1 is 1.32 bits per heavy atom. The number of non-ortho nitro benzene ring substituents is 1. The zero-order valence-corrected chi connectivity index (χ0v) is 17.3. The zero-order valence-electron chi connectivity index (χ0n) is 16.5. The Labute approximate surface area is 181 Å². The van der Waals surface area contributed by atoms with E-state index in [0.29, 0.717) is 15.9 Å². The summed E-state index contributed by atoms with van der Waals surface area (Å²) in [6.07, 6.45) is 8.15. The highest BCUT2D eigenvalue weighted by Crippen LogP contribution is 2.20. The van der Waals surface area contributed by atoms with Gasteiger partial charge >= 0.3 is 5.97 Å². The molecule has 3 aromatic rings. The molecule has 3 rings (SSSR count). The number of nitrogens with zero attached hydrogens (tertiary/aromatic N) is 3. The molecule has 31 heavy (non-hydrogen) atoms. The molecule has 0 atom stereocenters. The second kappa shape index (κ2) is 9.65. The molecule has 9 heteroatoms. The number of terminal acetylenes is 1. The van der Waals surface area contributed by atoms with Gasteiger partial charge in [0.2, 0.25) is 0 Å². The summed E-state index contributed by atoms with van der Waals surface area (Å²) in [5, 5.41) is 10.9. The number of carbonyl (C=O) groups excluding carboxylic acids is 2. The lowest BCUT2D eigenvalue weighted by atomic mass is 10.2. The SMILES string of the molecule is C#CCn1c(=NC(=O)/C=C/c2cccc([N+](=O)[O-])c2)sc2cc(C(=O)OCC)ccc21. The van der Waals surface area contributed by atoms with E-state index in [0.717, 1.165) is 10.2 Å². The minimum absolute atomic E-state index is 0.0692. The number of fused-ring (bicyclic) bond motifs is 1. The fourth-order valence-corrected chi connectivity index (χ4v) is 3.86. The molecule has 0 unspecified atom stereocenters. The summed E-state index contributed by atoms with van der Waals surface area (Å²) in [5.74, 6) is 1.55. The first-order valence-corrected chi connectivity index (χ1v) is 9.99. The van der Waals surface area contributed by atoms with Crippen molar-refractivity contribution in [2.75, 3.05) is 6.61 Å². The molecule has 1 amide bonds. The number of ether oxygens (including phenoxy) is 1. The molecule has 0 saturated heterocycles. The number of amides is 1. The van der Waals surface area contributed by atoms with Crippen molar-refractivity contribution in [3.63, 3.8) is 0 Å². The van der Waals surface area contributed by atoms with Gasteiger partial charge in [-0.25, -0.2) is 4.79 Å². The summed E-state index contributed by atoms with van der Waals surface area (Å²) in [5.41, 5.74) is 1.57. The Morgan fingerprint density at radius 2 is 2.13 bits per heavy atom. The van der Waals surface area contributed by atoms with E-state index in [9.17, 15) is 19.7 Å². The van der Waals surface area contributed by atoms with Crippen LogP contribution in [0.25, 0.3) is 16.3 Å². The minimum atomic E-state index is -0.547. The van der Waals surface area contributed by atoms with Crippen LogP contribution in [0, 0.1) is 22.5 Å². The van der Waals surface area contributed by atoms with E-state index in [1.807, 2.05) is 0 Å². The molecule has 0 bridgehead atoms. The number of nitro groups is 1. The zero-order chi connectivity index (χ0) is 22.4. The van der Waals surface area contributed by atoms with Crippen molar-refractivity contribution >= 4 is 45.2 Å². The summed E-state index contributed by atoms with van der Waals surface area (Å²) >= 11 is 1.22. The molecular weight excluding hydrogens is 418 g/mol. The molecule has 0 radical (unpaired) electrons. The maximum absolute atomic E-state index is 12.4. The molecule has 0 fully saturated rings. The summed E-state index contributed by atoms with van der Waals surface area (Å²) in [6.45, 7) is 2.19. The summed E-state index contributed by atoms with van der Waals surface area (Å²) in [7, 11) is 0. The van der Waals surface area contributed by atoms with Crippen LogP contribution < -0.4 is 4.80 Å². The summed E-state index contributed by atoms with van der Waals surface area (Å²) in [4.78, 5) is 39.2. The van der Waals surface area contributed by atoms with E-state index in [4.69, 9.17) is 11.2 Å². The van der Waals surface area contributed by atoms with Gasteiger partial charge in [-0.3, -0.25) is 14.9 Å². The minimum Gasteiger partial charge on any atom is -0.462 e. The molecule has 1 aromatic heterocycles. The molecular formula is C22H17N3O5S. The lowest BCUT2D eigenvalue weighted by Gasteiger charge is -2.02. The smallest absolute Gasteiger partial charge is 0.338 e. The molecule has 156 valence electrons. The Kier molecular flexibility index (Phi) is 6.74. The van der Waals surface area contributed by atoms with E-state index >= 15 is 0 Å². The Bertz CT molecular complexity index is 1310. The normalized spacial score (nSPS) is 11.5.